The van der Waals surface area contributed by atoms with E-state index in [0.717, 1.165) is 17.8 Å². The monoisotopic (exact) mass is 283 g/mol. The molecule has 0 saturated carbocycles. The number of benzene rings is 2. The van der Waals surface area contributed by atoms with Gasteiger partial charge in [0.25, 0.3) is 0 Å². The molecule has 0 aromatic heterocycles. The Labute approximate surface area is 126 Å². The Morgan fingerprint density at radius 1 is 1.00 bits per heavy atom. The van der Waals surface area contributed by atoms with E-state index in [2.05, 4.69) is 36.5 Å². The second-order valence-electron chi connectivity index (χ2n) is 5.02. The molecule has 0 bridgehead atoms. The van der Waals surface area contributed by atoms with Gasteiger partial charge in [-0.3, -0.25) is 4.79 Å². The molecule has 0 fully saturated rings. The minimum Gasteiger partial charge on any atom is -0.466 e. The number of carbonyl (C=O) groups is 1. The van der Waals surface area contributed by atoms with Crippen LogP contribution in [0.15, 0.2) is 48.5 Å². The summed E-state index contributed by atoms with van der Waals surface area (Å²) in [7, 11) is 0. The van der Waals surface area contributed by atoms with E-state index in [1.165, 1.54) is 11.1 Å². The minimum atomic E-state index is -0.183. The van der Waals surface area contributed by atoms with Crippen molar-refractivity contribution in [1.82, 2.24) is 0 Å². The van der Waals surface area contributed by atoms with Gasteiger partial charge in [0.15, 0.2) is 0 Å². The molecule has 0 amide bonds. The number of hydrogen-bond acceptors (Lipinski definition) is 3. The molecule has 0 aliphatic heterocycles. The number of aryl methyl sites for hydroxylation is 1. The summed E-state index contributed by atoms with van der Waals surface area (Å²) in [6.07, 6.45) is 0.325. The lowest BCUT2D eigenvalue weighted by Crippen LogP contribution is -2.07. The largest absolute Gasteiger partial charge is 0.466 e. The summed E-state index contributed by atoms with van der Waals surface area (Å²) in [6.45, 7) is 5.11. The fourth-order valence-corrected chi connectivity index (χ4v) is 2.03. The molecule has 1 N–H and O–H groups in total. The molecule has 0 aliphatic rings. The van der Waals surface area contributed by atoms with Crippen molar-refractivity contribution < 1.29 is 9.53 Å². The van der Waals surface area contributed by atoms with E-state index in [1.807, 2.05) is 31.2 Å². The smallest absolute Gasteiger partial charge is 0.310 e. The van der Waals surface area contributed by atoms with Crippen LogP contribution >= 0.6 is 0 Å². The molecule has 3 heteroatoms. The van der Waals surface area contributed by atoms with Gasteiger partial charge >= 0.3 is 5.97 Å². The summed E-state index contributed by atoms with van der Waals surface area (Å²) < 4.78 is 4.94. The lowest BCUT2D eigenvalue weighted by atomic mass is 10.1. The maximum Gasteiger partial charge on any atom is 0.310 e. The average molecular weight is 283 g/mol. The number of nitrogens with one attached hydrogen (secondary N) is 1. The highest BCUT2D eigenvalue weighted by Gasteiger charge is 2.03. The standard InChI is InChI=1S/C18H21NO2/c1-3-21-18(20)12-15-8-10-17(11-9-15)19-13-16-6-4-14(2)5-7-16/h4-11,19H,3,12-13H2,1-2H3. The van der Waals surface area contributed by atoms with Crippen molar-refractivity contribution in [2.75, 3.05) is 11.9 Å². The van der Waals surface area contributed by atoms with Crippen molar-refractivity contribution in [1.29, 1.82) is 0 Å². The zero-order valence-corrected chi connectivity index (χ0v) is 12.6. The van der Waals surface area contributed by atoms with Gasteiger partial charge in [-0.1, -0.05) is 42.0 Å². The van der Waals surface area contributed by atoms with Crippen LogP contribution in [0.25, 0.3) is 0 Å². The fourth-order valence-electron chi connectivity index (χ4n) is 2.03. The van der Waals surface area contributed by atoms with Gasteiger partial charge in [-0.25, -0.2) is 0 Å². The van der Waals surface area contributed by atoms with E-state index < -0.39 is 0 Å². The summed E-state index contributed by atoms with van der Waals surface area (Å²) in [5.41, 5.74) is 4.52. The van der Waals surface area contributed by atoms with Gasteiger partial charge in [-0.05, 0) is 37.1 Å². The number of anilines is 1. The first-order valence-corrected chi connectivity index (χ1v) is 7.21. The normalized spacial score (nSPS) is 10.2. The molecule has 2 rings (SSSR count). The predicted octanol–water partition coefficient (Wildman–Crippen LogP) is 3.71. The number of hydrogen-bond donors (Lipinski definition) is 1. The molecule has 110 valence electrons. The molecule has 0 unspecified atom stereocenters. The molecule has 0 radical (unpaired) electrons. The van der Waals surface area contributed by atoms with Gasteiger partial charge in [0.1, 0.15) is 0 Å². The lowest BCUT2D eigenvalue weighted by Gasteiger charge is -2.08. The Bertz CT molecular complexity index is 573. The fraction of sp³-hybridized carbons (Fsp3) is 0.278. The zero-order valence-electron chi connectivity index (χ0n) is 12.6. The Morgan fingerprint density at radius 2 is 1.62 bits per heavy atom. The van der Waals surface area contributed by atoms with Crippen molar-refractivity contribution >= 4 is 11.7 Å². The Balaban J connectivity index is 1.87. The Kier molecular flexibility index (Phi) is 5.38. The first-order valence-electron chi connectivity index (χ1n) is 7.21. The van der Waals surface area contributed by atoms with Crippen LogP contribution in [0.2, 0.25) is 0 Å². The van der Waals surface area contributed by atoms with E-state index in [9.17, 15) is 4.79 Å². The van der Waals surface area contributed by atoms with E-state index in [0.29, 0.717) is 13.0 Å². The highest BCUT2D eigenvalue weighted by molar-refractivity contribution is 5.72. The number of esters is 1. The highest BCUT2D eigenvalue weighted by atomic mass is 16.5. The second-order valence-corrected chi connectivity index (χ2v) is 5.02. The minimum absolute atomic E-state index is 0.183. The molecule has 3 nitrogen and oxygen atoms in total. The number of ether oxygens (including phenoxy) is 1. The van der Waals surface area contributed by atoms with E-state index in [1.54, 1.807) is 0 Å². The van der Waals surface area contributed by atoms with Crippen molar-refractivity contribution in [3.05, 3.63) is 65.2 Å². The quantitative estimate of drug-likeness (QED) is 0.821. The molecule has 0 aliphatic carbocycles. The van der Waals surface area contributed by atoms with E-state index in [4.69, 9.17) is 4.74 Å². The Hall–Kier alpha value is -2.29. The number of rotatable bonds is 6. The van der Waals surface area contributed by atoms with Crippen LogP contribution < -0.4 is 5.32 Å². The summed E-state index contributed by atoms with van der Waals surface area (Å²) in [5, 5.41) is 3.37. The van der Waals surface area contributed by atoms with Crippen LogP contribution in [0.5, 0.6) is 0 Å². The van der Waals surface area contributed by atoms with Gasteiger partial charge in [0.05, 0.1) is 13.0 Å². The van der Waals surface area contributed by atoms with Crippen molar-refractivity contribution in [3.8, 4) is 0 Å². The van der Waals surface area contributed by atoms with Gasteiger partial charge in [0, 0.05) is 12.2 Å². The van der Waals surface area contributed by atoms with E-state index >= 15 is 0 Å². The summed E-state index contributed by atoms with van der Waals surface area (Å²) in [5.74, 6) is -0.183. The Morgan fingerprint density at radius 3 is 2.24 bits per heavy atom. The van der Waals surface area contributed by atoms with Crippen LogP contribution in [0.3, 0.4) is 0 Å². The molecule has 0 heterocycles. The third kappa shape index (κ3) is 4.95. The molecular weight excluding hydrogens is 262 g/mol. The van der Waals surface area contributed by atoms with Crippen LogP contribution in [-0.2, 0) is 22.5 Å². The lowest BCUT2D eigenvalue weighted by molar-refractivity contribution is -0.142. The van der Waals surface area contributed by atoms with Crippen LogP contribution in [0.1, 0.15) is 23.6 Å². The molecule has 2 aromatic rings. The van der Waals surface area contributed by atoms with Crippen LogP contribution in [0.4, 0.5) is 5.69 Å². The second kappa shape index (κ2) is 7.48. The van der Waals surface area contributed by atoms with Crippen molar-refractivity contribution in [2.45, 2.75) is 26.8 Å². The van der Waals surface area contributed by atoms with Gasteiger partial charge < -0.3 is 10.1 Å². The zero-order chi connectivity index (χ0) is 15.1. The molecular formula is C18H21NO2. The summed E-state index contributed by atoms with van der Waals surface area (Å²) >= 11 is 0. The molecule has 0 saturated heterocycles. The maximum atomic E-state index is 11.4. The van der Waals surface area contributed by atoms with Crippen molar-refractivity contribution in [2.24, 2.45) is 0 Å². The summed E-state index contributed by atoms with van der Waals surface area (Å²) in [6, 6.07) is 16.3. The third-order valence-electron chi connectivity index (χ3n) is 3.22. The first kappa shape index (κ1) is 15.1. The van der Waals surface area contributed by atoms with Gasteiger partial charge in [-0.2, -0.15) is 0 Å². The van der Waals surface area contributed by atoms with Gasteiger partial charge in [-0.15, -0.1) is 0 Å². The topological polar surface area (TPSA) is 38.3 Å². The summed E-state index contributed by atoms with van der Waals surface area (Å²) in [4.78, 5) is 11.4. The van der Waals surface area contributed by atoms with Crippen molar-refractivity contribution in [3.63, 3.8) is 0 Å². The first-order chi connectivity index (χ1) is 10.2. The molecule has 21 heavy (non-hydrogen) atoms. The molecule has 2 aromatic carbocycles. The SMILES string of the molecule is CCOC(=O)Cc1ccc(NCc2ccc(C)cc2)cc1. The third-order valence-corrected chi connectivity index (χ3v) is 3.22. The molecule has 0 atom stereocenters. The van der Waals surface area contributed by atoms with Crippen LogP contribution in [0, 0.1) is 6.92 Å². The van der Waals surface area contributed by atoms with Crippen LogP contribution in [-0.4, -0.2) is 12.6 Å². The number of carbonyl (C=O) groups excluding carboxylic acids is 1. The average Bonchev–Trinajstić information content (AvgIpc) is 2.48. The predicted molar refractivity (Wildman–Crippen MR) is 85.3 cm³/mol. The maximum absolute atomic E-state index is 11.4. The molecule has 0 spiro atoms. The van der Waals surface area contributed by atoms with E-state index in [-0.39, 0.29) is 5.97 Å². The van der Waals surface area contributed by atoms with Gasteiger partial charge in [0.2, 0.25) is 0 Å². The highest BCUT2D eigenvalue weighted by Crippen LogP contribution is 2.12.